The van der Waals surface area contributed by atoms with Crippen molar-refractivity contribution in [3.05, 3.63) is 12.7 Å². The lowest BCUT2D eigenvalue weighted by Crippen LogP contribution is -2.49. The molecule has 0 bridgehead atoms. The summed E-state index contributed by atoms with van der Waals surface area (Å²) in [6.07, 6.45) is 3.51. The first-order valence-corrected chi connectivity index (χ1v) is 8.06. The first kappa shape index (κ1) is 20.3. The summed E-state index contributed by atoms with van der Waals surface area (Å²) in [5.41, 5.74) is 0. The molecule has 0 aliphatic rings. The predicted molar refractivity (Wildman–Crippen MR) is 86.7 cm³/mol. The van der Waals surface area contributed by atoms with Crippen molar-refractivity contribution in [3.8, 4) is 0 Å². The van der Waals surface area contributed by atoms with Gasteiger partial charge in [0.2, 0.25) is 11.8 Å². The van der Waals surface area contributed by atoms with E-state index in [1.54, 1.807) is 13.1 Å². The summed E-state index contributed by atoms with van der Waals surface area (Å²) < 4.78 is 0. The number of rotatable bonds is 13. The van der Waals surface area contributed by atoms with Crippen LogP contribution < -0.4 is 16.0 Å². The van der Waals surface area contributed by atoms with Gasteiger partial charge in [-0.25, -0.2) is 0 Å². The highest BCUT2D eigenvalue weighted by Crippen LogP contribution is 2.04. The molecule has 7 nitrogen and oxygen atoms in total. The Morgan fingerprint density at radius 2 is 2.05 bits per heavy atom. The van der Waals surface area contributed by atoms with Crippen LogP contribution in [0.5, 0.6) is 0 Å². The maximum absolute atomic E-state index is 11.9. The molecular weight excluding hydrogens is 306 g/mol. The second-order valence-electron chi connectivity index (χ2n) is 4.43. The Bertz CT molecular complexity index is 390. The zero-order chi connectivity index (χ0) is 16.8. The Labute approximate surface area is 134 Å². The van der Waals surface area contributed by atoms with Crippen LogP contribution in [0.3, 0.4) is 0 Å². The van der Waals surface area contributed by atoms with E-state index < -0.39 is 11.9 Å². The largest absolute Gasteiger partial charge is 0.348 e. The quantitative estimate of drug-likeness (QED) is 0.234. The van der Waals surface area contributed by atoms with Gasteiger partial charge in [0.05, 0.1) is 12.6 Å². The van der Waals surface area contributed by atoms with Crippen molar-refractivity contribution < 1.29 is 19.2 Å². The number of hydrogen-bond donors (Lipinski definition) is 3. The third kappa shape index (κ3) is 9.30. The van der Waals surface area contributed by atoms with Gasteiger partial charge in [0.15, 0.2) is 0 Å². The number of carbonyl (C=O) groups excluding carboxylic acids is 4. The van der Waals surface area contributed by atoms with Gasteiger partial charge < -0.3 is 25.5 Å². The molecule has 0 saturated carbocycles. The number of aldehydes is 2. The van der Waals surface area contributed by atoms with Gasteiger partial charge in [-0.2, -0.15) is 11.8 Å². The summed E-state index contributed by atoms with van der Waals surface area (Å²) in [5.74, 6) is 0.316. The lowest BCUT2D eigenvalue weighted by atomic mass is 10.1. The van der Waals surface area contributed by atoms with E-state index in [-0.39, 0.29) is 24.9 Å². The molecular formula is C14H23N3O4S. The van der Waals surface area contributed by atoms with E-state index >= 15 is 0 Å². The van der Waals surface area contributed by atoms with E-state index in [0.717, 1.165) is 6.29 Å². The number of nitrogens with one attached hydrogen (secondary N) is 3. The number of carbonyl (C=O) groups is 4. The molecule has 124 valence electrons. The Balaban J connectivity index is 4.42. The summed E-state index contributed by atoms with van der Waals surface area (Å²) in [6, 6.07) is -1.11. The first-order chi connectivity index (χ1) is 10.6. The summed E-state index contributed by atoms with van der Waals surface area (Å²) in [7, 11) is 1.64. The maximum Gasteiger partial charge on any atom is 0.243 e. The zero-order valence-electron chi connectivity index (χ0n) is 12.7. The third-order valence-electron chi connectivity index (χ3n) is 2.75. The minimum absolute atomic E-state index is 0.0930. The molecule has 3 N–H and O–H groups in total. The fourth-order valence-electron chi connectivity index (χ4n) is 1.55. The van der Waals surface area contributed by atoms with Crippen LogP contribution in [0.25, 0.3) is 0 Å². The van der Waals surface area contributed by atoms with Crippen LogP contribution in [-0.4, -0.2) is 61.6 Å². The van der Waals surface area contributed by atoms with Gasteiger partial charge in [-0.3, -0.25) is 9.59 Å². The average Bonchev–Trinajstić information content (AvgIpc) is 2.52. The summed E-state index contributed by atoms with van der Waals surface area (Å²) >= 11 is 1.45. The van der Waals surface area contributed by atoms with Gasteiger partial charge in [0.25, 0.3) is 0 Å². The van der Waals surface area contributed by atoms with Gasteiger partial charge in [0, 0.05) is 17.9 Å². The van der Waals surface area contributed by atoms with Crippen LogP contribution >= 0.6 is 11.8 Å². The van der Waals surface area contributed by atoms with E-state index in [1.165, 1.54) is 11.8 Å². The number of hydrogen-bond acceptors (Lipinski definition) is 6. The second kappa shape index (κ2) is 13.0. The van der Waals surface area contributed by atoms with Crippen molar-refractivity contribution >= 4 is 36.1 Å². The Hall–Kier alpha value is -1.67. The lowest BCUT2D eigenvalue weighted by molar-refractivity contribution is -0.129. The van der Waals surface area contributed by atoms with Gasteiger partial charge in [-0.15, -0.1) is 6.58 Å². The molecule has 0 aromatic carbocycles. The SMILES string of the molecule is C=CCSC[C@H](NC(=O)CC[C@@H](C=O)NC)C(=O)NCC=O. The average molecular weight is 329 g/mol. The fraction of sp³-hybridized carbons (Fsp3) is 0.571. The molecule has 0 fully saturated rings. The molecule has 0 radical (unpaired) electrons. The molecule has 0 aliphatic heterocycles. The van der Waals surface area contributed by atoms with Gasteiger partial charge in [-0.05, 0) is 13.5 Å². The number of thioether (sulfide) groups is 1. The van der Waals surface area contributed by atoms with Crippen LogP contribution in [0.2, 0.25) is 0 Å². The fourth-order valence-corrected chi connectivity index (χ4v) is 2.32. The minimum Gasteiger partial charge on any atom is -0.348 e. The minimum atomic E-state index is -0.721. The number of amides is 2. The zero-order valence-corrected chi connectivity index (χ0v) is 13.5. The molecule has 0 aromatic rings. The molecule has 8 heteroatoms. The van der Waals surface area contributed by atoms with Crippen LogP contribution in [-0.2, 0) is 19.2 Å². The normalized spacial score (nSPS) is 12.8. The van der Waals surface area contributed by atoms with Crippen molar-refractivity contribution in [2.45, 2.75) is 24.9 Å². The number of likely N-dealkylation sites (N-methyl/N-ethyl adjacent to an activating group) is 1. The third-order valence-corrected chi connectivity index (χ3v) is 3.79. The predicted octanol–water partition coefficient (Wildman–Crippen LogP) is -0.727. The Kier molecular flexibility index (Phi) is 12.0. The van der Waals surface area contributed by atoms with E-state index in [4.69, 9.17) is 0 Å². The molecule has 0 unspecified atom stereocenters. The van der Waals surface area contributed by atoms with Crippen molar-refractivity contribution in [2.75, 3.05) is 25.1 Å². The summed E-state index contributed by atoms with van der Waals surface area (Å²) in [6.45, 7) is 3.49. The molecule has 0 rings (SSSR count). The highest BCUT2D eigenvalue weighted by Gasteiger charge is 2.20. The van der Waals surface area contributed by atoms with Crippen LogP contribution in [0.4, 0.5) is 0 Å². The highest BCUT2D eigenvalue weighted by molar-refractivity contribution is 7.99. The maximum atomic E-state index is 11.9. The Morgan fingerprint density at radius 1 is 1.32 bits per heavy atom. The summed E-state index contributed by atoms with van der Waals surface area (Å²) in [5, 5.41) is 7.82. The molecule has 0 aliphatic carbocycles. The topological polar surface area (TPSA) is 104 Å². The highest BCUT2D eigenvalue weighted by atomic mass is 32.2. The Morgan fingerprint density at radius 3 is 2.59 bits per heavy atom. The monoisotopic (exact) mass is 329 g/mol. The molecule has 0 saturated heterocycles. The standard InChI is InChI=1S/C14H23N3O4S/c1-3-8-22-10-12(14(21)16-6-7-18)17-13(20)5-4-11(9-19)15-2/h3,7,9,11-12,15H,1,4-6,8,10H2,2H3,(H,16,21)(H,17,20)/t11-,12-/m0/s1. The van der Waals surface area contributed by atoms with Gasteiger partial charge in [-0.1, -0.05) is 6.08 Å². The van der Waals surface area contributed by atoms with Crippen LogP contribution in [0, 0.1) is 0 Å². The van der Waals surface area contributed by atoms with Crippen molar-refractivity contribution in [1.82, 2.24) is 16.0 Å². The van der Waals surface area contributed by atoms with E-state index in [9.17, 15) is 19.2 Å². The van der Waals surface area contributed by atoms with E-state index in [0.29, 0.717) is 24.2 Å². The van der Waals surface area contributed by atoms with Crippen LogP contribution in [0.15, 0.2) is 12.7 Å². The molecule has 0 heterocycles. The van der Waals surface area contributed by atoms with E-state index in [1.807, 2.05) is 0 Å². The lowest BCUT2D eigenvalue weighted by Gasteiger charge is -2.18. The van der Waals surface area contributed by atoms with Crippen molar-refractivity contribution in [3.63, 3.8) is 0 Å². The van der Waals surface area contributed by atoms with Gasteiger partial charge >= 0.3 is 0 Å². The first-order valence-electron chi connectivity index (χ1n) is 6.90. The summed E-state index contributed by atoms with van der Waals surface area (Å²) in [4.78, 5) is 44.7. The van der Waals surface area contributed by atoms with Gasteiger partial charge in [0.1, 0.15) is 18.6 Å². The van der Waals surface area contributed by atoms with Crippen molar-refractivity contribution in [2.24, 2.45) is 0 Å². The second-order valence-corrected chi connectivity index (χ2v) is 5.50. The molecule has 0 spiro atoms. The smallest absolute Gasteiger partial charge is 0.243 e. The molecule has 22 heavy (non-hydrogen) atoms. The molecule has 0 aromatic heterocycles. The molecule has 2 amide bonds. The molecule has 2 atom stereocenters. The van der Waals surface area contributed by atoms with Crippen LogP contribution in [0.1, 0.15) is 12.8 Å². The van der Waals surface area contributed by atoms with E-state index in [2.05, 4.69) is 22.5 Å². The van der Waals surface area contributed by atoms with Crippen molar-refractivity contribution in [1.29, 1.82) is 0 Å².